The number of amides is 1. The van der Waals surface area contributed by atoms with E-state index in [1.807, 2.05) is 0 Å². The highest BCUT2D eigenvalue weighted by atomic mass is 35.5. The highest BCUT2D eigenvalue weighted by Crippen LogP contribution is 2.31. The summed E-state index contributed by atoms with van der Waals surface area (Å²) in [6.07, 6.45) is 0. The zero-order valence-electron chi connectivity index (χ0n) is 9.79. The lowest BCUT2D eigenvalue weighted by molar-refractivity contribution is -0.133. The summed E-state index contributed by atoms with van der Waals surface area (Å²) in [6, 6.07) is 5.10. The van der Waals surface area contributed by atoms with Gasteiger partial charge in [-0.1, -0.05) is 29.3 Å². The van der Waals surface area contributed by atoms with Crippen LogP contribution in [0.1, 0.15) is 0 Å². The highest BCUT2D eigenvalue weighted by Gasteiger charge is 2.17. The molecule has 1 fully saturated rings. The lowest BCUT2D eigenvalue weighted by Gasteiger charge is -2.27. The quantitative estimate of drug-likeness (QED) is 0.922. The van der Waals surface area contributed by atoms with Gasteiger partial charge in [-0.05, 0) is 12.1 Å². The van der Waals surface area contributed by atoms with Gasteiger partial charge in [0.05, 0.1) is 5.02 Å². The summed E-state index contributed by atoms with van der Waals surface area (Å²) in [5.41, 5.74) is 0. The predicted molar refractivity (Wildman–Crippen MR) is 71.4 cm³/mol. The van der Waals surface area contributed by atoms with Crippen molar-refractivity contribution in [2.45, 2.75) is 0 Å². The molecule has 0 atom stereocenters. The van der Waals surface area contributed by atoms with Gasteiger partial charge in [-0.3, -0.25) is 4.79 Å². The molecule has 1 aliphatic heterocycles. The summed E-state index contributed by atoms with van der Waals surface area (Å²) in [4.78, 5) is 13.6. The number of carbonyl (C=O) groups excluding carboxylic acids is 1. The average Bonchev–Trinajstić information content (AvgIpc) is 2.41. The molecule has 0 bridgehead atoms. The molecule has 0 saturated carbocycles. The Morgan fingerprint density at radius 3 is 2.78 bits per heavy atom. The molecule has 0 unspecified atom stereocenters. The molecule has 1 aliphatic rings. The van der Waals surface area contributed by atoms with Crippen molar-refractivity contribution in [3.8, 4) is 5.75 Å². The number of rotatable bonds is 3. The molecule has 1 amide bonds. The summed E-state index contributed by atoms with van der Waals surface area (Å²) in [6.45, 7) is 3.06. The second-order valence-corrected chi connectivity index (χ2v) is 4.76. The van der Waals surface area contributed by atoms with Crippen molar-refractivity contribution in [2.24, 2.45) is 0 Å². The molecule has 1 aromatic rings. The number of hydrogen-bond donors (Lipinski definition) is 1. The largest absolute Gasteiger partial charge is 0.482 e. The van der Waals surface area contributed by atoms with Crippen molar-refractivity contribution < 1.29 is 9.53 Å². The van der Waals surface area contributed by atoms with E-state index in [0.717, 1.165) is 13.1 Å². The van der Waals surface area contributed by atoms with Crippen LogP contribution in [0.25, 0.3) is 0 Å². The third kappa shape index (κ3) is 3.28. The fourth-order valence-corrected chi connectivity index (χ4v) is 2.09. The van der Waals surface area contributed by atoms with E-state index in [9.17, 15) is 4.79 Å². The molecule has 6 heteroatoms. The van der Waals surface area contributed by atoms with E-state index in [0.29, 0.717) is 28.9 Å². The Morgan fingerprint density at radius 2 is 2.06 bits per heavy atom. The number of nitrogens with one attached hydrogen (secondary N) is 1. The number of hydrogen-bond acceptors (Lipinski definition) is 3. The van der Waals surface area contributed by atoms with E-state index in [2.05, 4.69) is 5.32 Å². The van der Waals surface area contributed by atoms with Crippen molar-refractivity contribution in [3.05, 3.63) is 28.2 Å². The van der Waals surface area contributed by atoms with Crippen molar-refractivity contribution >= 4 is 29.1 Å². The number of ether oxygens (including phenoxy) is 1. The number of nitrogens with zero attached hydrogens (tertiary/aromatic N) is 1. The summed E-state index contributed by atoms with van der Waals surface area (Å²) in [5, 5.41) is 3.95. The first-order chi connectivity index (χ1) is 8.68. The first-order valence-corrected chi connectivity index (χ1v) is 6.49. The van der Waals surface area contributed by atoms with E-state index in [-0.39, 0.29) is 12.5 Å². The van der Waals surface area contributed by atoms with E-state index in [1.54, 1.807) is 23.1 Å². The average molecular weight is 289 g/mol. The SMILES string of the molecule is O=C(COc1cccc(Cl)c1Cl)N1CCNCC1. The first-order valence-electron chi connectivity index (χ1n) is 5.74. The van der Waals surface area contributed by atoms with Gasteiger partial charge in [-0.15, -0.1) is 0 Å². The molecule has 2 rings (SSSR count). The topological polar surface area (TPSA) is 41.6 Å². The van der Waals surface area contributed by atoms with Crippen LogP contribution < -0.4 is 10.1 Å². The van der Waals surface area contributed by atoms with Crippen molar-refractivity contribution in [1.29, 1.82) is 0 Å². The molecule has 0 aromatic heterocycles. The minimum absolute atomic E-state index is 0.0138. The van der Waals surface area contributed by atoms with Gasteiger partial charge in [0.15, 0.2) is 6.61 Å². The molecule has 1 saturated heterocycles. The maximum atomic E-state index is 11.9. The molecule has 1 heterocycles. The van der Waals surface area contributed by atoms with Gasteiger partial charge in [0.25, 0.3) is 5.91 Å². The fourth-order valence-electron chi connectivity index (χ4n) is 1.74. The highest BCUT2D eigenvalue weighted by molar-refractivity contribution is 6.42. The van der Waals surface area contributed by atoms with E-state index < -0.39 is 0 Å². The molecule has 0 radical (unpaired) electrons. The van der Waals surface area contributed by atoms with Crippen LogP contribution in [0.4, 0.5) is 0 Å². The van der Waals surface area contributed by atoms with Gasteiger partial charge in [0, 0.05) is 26.2 Å². The van der Waals surface area contributed by atoms with Crippen LogP contribution in [0.5, 0.6) is 5.75 Å². The fraction of sp³-hybridized carbons (Fsp3) is 0.417. The van der Waals surface area contributed by atoms with Crippen molar-refractivity contribution in [2.75, 3.05) is 32.8 Å². The van der Waals surface area contributed by atoms with Crippen LogP contribution >= 0.6 is 23.2 Å². The second-order valence-electron chi connectivity index (χ2n) is 3.97. The van der Waals surface area contributed by atoms with Crippen LogP contribution in [0, 0.1) is 0 Å². The zero-order valence-corrected chi connectivity index (χ0v) is 11.3. The second kappa shape index (κ2) is 6.27. The Bertz CT molecular complexity index is 434. The summed E-state index contributed by atoms with van der Waals surface area (Å²) in [7, 11) is 0. The molecule has 4 nitrogen and oxygen atoms in total. The lowest BCUT2D eigenvalue weighted by atomic mass is 10.3. The van der Waals surface area contributed by atoms with Crippen LogP contribution in [-0.2, 0) is 4.79 Å². The molecule has 0 aliphatic carbocycles. The molecular weight excluding hydrogens is 275 g/mol. The number of piperazine rings is 1. The molecular formula is C12H14Cl2N2O2. The Hall–Kier alpha value is -0.970. The Labute approximate surface area is 116 Å². The molecule has 18 heavy (non-hydrogen) atoms. The lowest BCUT2D eigenvalue weighted by Crippen LogP contribution is -2.47. The zero-order chi connectivity index (χ0) is 13.0. The van der Waals surface area contributed by atoms with E-state index in [4.69, 9.17) is 27.9 Å². The van der Waals surface area contributed by atoms with Gasteiger partial charge in [0.2, 0.25) is 0 Å². The van der Waals surface area contributed by atoms with Crippen LogP contribution in [0.2, 0.25) is 10.0 Å². The Morgan fingerprint density at radius 1 is 1.33 bits per heavy atom. The Balaban J connectivity index is 1.90. The molecule has 1 N–H and O–H groups in total. The third-order valence-electron chi connectivity index (χ3n) is 2.74. The maximum Gasteiger partial charge on any atom is 0.260 e. The van der Waals surface area contributed by atoms with E-state index in [1.165, 1.54) is 0 Å². The van der Waals surface area contributed by atoms with Crippen LogP contribution in [0.15, 0.2) is 18.2 Å². The summed E-state index contributed by atoms with van der Waals surface area (Å²) in [5.74, 6) is 0.403. The monoisotopic (exact) mass is 288 g/mol. The molecule has 1 aromatic carbocycles. The summed E-state index contributed by atoms with van der Waals surface area (Å²) >= 11 is 11.8. The number of halogens is 2. The third-order valence-corrected chi connectivity index (χ3v) is 3.54. The van der Waals surface area contributed by atoms with Gasteiger partial charge < -0.3 is 15.0 Å². The van der Waals surface area contributed by atoms with E-state index >= 15 is 0 Å². The van der Waals surface area contributed by atoms with Crippen molar-refractivity contribution in [1.82, 2.24) is 10.2 Å². The summed E-state index contributed by atoms with van der Waals surface area (Å²) < 4.78 is 5.40. The molecule has 0 spiro atoms. The predicted octanol–water partition coefficient (Wildman–Crippen LogP) is 1.80. The maximum absolute atomic E-state index is 11.9. The van der Waals surface area contributed by atoms with Gasteiger partial charge in [-0.25, -0.2) is 0 Å². The van der Waals surface area contributed by atoms with Crippen LogP contribution in [-0.4, -0.2) is 43.6 Å². The normalized spacial score (nSPS) is 15.6. The van der Waals surface area contributed by atoms with Gasteiger partial charge >= 0.3 is 0 Å². The minimum atomic E-state index is -0.0347. The minimum Gasteiger partial charge on any atom is -0.482 e. The first kappa shape index (κ1) is 13.5. The Kier molecular flexibility index (Phi) is 4.69. The van der Waals surface area contributed by atoms with Crippen molar-refractivity contribution in [3.63, 3.8) is 0 Å². The number of carbonyl (C=O) groups is 1. The van der Waals surface area contributed by atoms with Crippen LogP contribution in [0.3, 0.4) is 0 Å². The van der Waals surface area contributed by atoms with Gasteiger partial charge in [-0.2, -0.15) is 0 Å². The smallest absolute Gasteiger partial charge is 0.260 e. The standard InChI is InChI=1S/C12H14Cl2N2O2/c13-9-2-1-3-10(12(9)14)18-8-11(17)16-6-4-15-5-7-16/h1-3,15H,4-8H2. The number of benzene rings is 1. The van der Waals surface area contributed by atoms with Gasteiger partial charge in [0.1, 0.15) is 10.8 Å². The molecule has 98 valence electrons.